The lowest BCUT2D eigenvalue weighted by molar-refractivity contribution is -0.137. The molecule has 0 bridgehead atoms. The van der Waals surface area contributed by atoms with Gasteiger partial charge < -0.3 is 15.7 Å². The van der Waals surface area contributed by atoms with Crippen LogP contribution in [0, 0.1) is 11.8 Å². The van der Waals surface area contributed by atoms with E-state index in [4.69, 9.17) is 5.73 Å². The second-order valence-corrected chi connectivity index (χ2v) is 7.69. The van der Waals surface area contributed by atoms with E-state index in [0.717, 1.165) is 4.47 Å². The van der Waals surface area contributed by atoms with E-state index < -0.39 is 17.4 Å². The standard InChI is InChI=1S/C20H16BrN5O3/c1-25-9-7-20(29,19(25)28)6-4-12-5-8-23-16(10-12)26-15-3-2-13(21)11-14(15)17(24-26)18(22)27/h2-3,5,8,10-11,29H,7,9H2,1H3,(H2,22,27). The van der Waals surface area contributed by atoms with Crippen LogP contribution in [-0.4, -0.2) is 55.8 Å². The van der Waals surface area contributed by atoms with E-state index in [-0.39, 0.29) is 12.1 Å². The molecule has 0 spiro atoms. The van der Waals surface area contributed by atoms with Crippen molar-refractivity contribution in [1.29, 1.82) is 0 Å². The number of halogens is 1. The highest BCUT2D eigenvalue weighted by atomic mass is 79.9. The maximum Gasteiger partial charge on any atom is 0.269 e. The summed E-state index contributed by atoms with van der Waals surface area (Å²) in [5.41, 5.74) is 5.13. The van der Waals surface area contributed by atoms with Gasteiger partial charge in [-0.2, -0.15) is 5.10 Å². The molecule has 0 radical (unpaired) electrons. The summed E-state index contributed by atoms with van der Waals surface area (Å²) in [4.78, 5) is 29.6. The molecule has 1 aliphatic rings. The molecule has 8 nitrogen and oxygen atoms in total. The average molecular weight is 454 g/mol. The second-order valence-electron chi connectivity index (χ2n) is 6.78. The Hall–Kier alpha value is -3.22. The van der Waals surface area contributed by atoms with Crippen LogP contribution in [0.5, 0.6) is 0 Å². The first kappa shape index (κ1) is 19.1. The minimum absolute atomic E-state index is 0.133. The average Bonchev–Trinajstić information content (AvgIpc) is 3.20. The molecule has 146 valence electrons. The molecule has 1 fully saturated rings. The number of benzene rings is 1. The minimum atomic E-state index is -1.68. The Labute approximate surface area is 174 Å². The predicted octanol–water partition coefficient (Wildman–Crippen LogP) is 1.23. The van der Waals surface area contributed by atoms with Crippen molar-refractivity contribution >= 4 is 38.6 Å². The summed E-state index contributed by atoms with van der Waals surface area (Å²) in [6.07, 6.45) is 1.80. The van der Waals surface area contributed by atoms with E-state index in [1.54, 1.807) is 37.5 Å². The van der Waals surface area contributed by atoms with Gasteiger partial charge in [-0.1, -0.05) is 27.8 Å². The number of pyridine rings is 1. The highest BCUT2D eigenvalue weighted by Crippen LogP contribution is 2.25. The number of likely N-dealkylation sites (N-methyl/N-ethyl adjacent to an activating group) is 1. The molecule has 1 atom stereocenters. The number of carbonyl (C=O) groups excluding carboxylic acids is 2. The summed E-state index contributed by atoms with van der Waals surface area (Å²) in [5, 5.41) is 15.4. The van der Waals surface area contributed by atoms with Gasteiger partial charge in [0.05, 0.1) is 5.52 Å². The third-order valence-electron chi connectivity index (χ3n) is 4.76. The summed E-state index contributed by atoms with van der Waals surface area (Å²) < 4.78 is 2.30. The molecule has 29 heavy (non-hydrogen) atoms. The molecule has 1 aliphatic heterocycles. The van der Waals surface area contributed by atoms with E-state index in [1.807, 2.05) is 6.07 Å². The maximum absolute atomic E-state index is 12.1. The quantitative estimate of drug-likeness (QED) is 0.566. The number of nitrogens with zero attached hydrogens (tertiary/aromatic N) is 4. The van der Waals surface area contributed by atoms with Crippen LogP contribution >= 0.6 is 15.9 Å². The normalized spacial score (nSPS) is 18.7. The topological polar surface area (TPSA) is 114 Å². The van der Waals surface area contributed by atoms with Crippen LogP contribution in [0.1, 0.15) is 22.5 Å². The molecule has 3 aromatic rings. The van der Waals surface area contributed by atoms with Gasteiger partial charge in [-0.3, -0.25) is 9.59 Å². The van der Waals surface area contributed by atoms with E-state index in [0.29, 0.717) is 28.8 Å². The molecule has 4 rings (SSSR count). The summed E-state index contributed by atoms with van der Waals surface area (Å²) in [6, 6.07) is 8.72. The van der Waals surface area contributed by atoms with Gasteiger partial charge in [0, 0.05) is 41.6 Å². The zero-order chi connectivity index (χ0) is 20.8. The molecule has 3 N–H and O–H groups in total. The summed E-state index contributed by atoms with van der Waals surface area (Å²) in [6.45, 7) is 0.455. The second kappa shape index (κ2) is 6.99. The van der Waals surface area contributed by atoms with Crippen LogP contribution in [0.3, 0.4) is 0 Å². The molecule has 1 unspecified atom stereocenters. The smallest absolute Gasteiger partial charge is 0.269 e. The molecular weight excluding hydrogens is 438 g/mol. The van der Waals surface area contributed by atoms with Crippen molar-refractivity contribution in [2.24, 2.45) is 5.73 Å². The van der Waals surface area contributed by atoms with Crippen LogP contribution < -0.4 is 5.73 Å². The van der Waals surface area contributed by atoms with E-state index in [1.165, 1.54) is 9.58 Å². The largest absolute Gasteiger partial charge is 0.369 e. The summed E-state index contributed by atoms with van der Waals surface area (Å²) >= 11 is 3.38. The number of hydrogen-bond donors (Lipinski definition) is 2. The van der Waals surface area contributed by atoms with Gasteiger partial charge in [0.1, 0.15) is 0 Å². The first-order valence-corrected chi connectivity index (χ1v) is 9.53. The first-order valence-electron chi connectivity index (χ1n) is 8.74. The van der Waals surface area contributed by atoms with Gasteiger partial charge in [0.2, 0.25) is 5.60 Å². The third kappa shape index (κ3) is 3.37. The third-order valence-corrected chi connectivity index (χ3v) is 5.25. The van der Waals surface area contributed by atoms with Crippen molar-refractivity contribution in [2.75, 3.05) is 13.6 Å². The van der Waals surface area contributed by atoms with Crippen LogP contribution in [-0.2, 0) is 4.79 Å². The number of hydrogen-bond acceptors (Lipinski definition) is 5. The first-order chi connectivity index (χ1) is 13.8. The molecule has 3 heterocycles. The zero-order valence-corrected chi connectivity index (χ0v) is 17.0. The fourth-order valence-corrected chi connectivity index (χ4v) is 3.57. The Balaban J connectivity index is 1.77. The van der Waals surface area contributed by atoms with Gasteiger partial charge in [-0.15, -0.1) is 0 Å². The maximum atomic E-state index is 12.1. The van der Waals surface area contributed by atoms with Crippen LogP contribution in [0.4, 0.5) is 0 Å². The fourth-order valence-electron chi connectivity index (χ4n) is 3.20. The lowest BCUT2D eigenvalue weighted by Crippen LogP contribution is -2.37. The number of nitrogens with two attached hydrogens (primary N) is 1. The van der Waals surface area contributed by atoms with Crippen molar-refractivity contribution in [3.63, 3.8) is 0 Å². The Morgan fingerprint density at radius 3 is 2.83 bits per heavy atom. The van der Waals surface area contributed by atoms with Crippen LogP contribution in [0.25, 0.3) is 16.7 Å². The fraction of sp³-hybridized carbons (Fsp3) is 0.200. The number of amides is 2. The van der Waals surface area contributed by atoms with Gasteiger partial charge >= 0.3 is 0 Å². The molecule has 0 saturated carbocycles. The SMILES string of the molecule is CN1CCC(O)(C#Cc2ccnc(-n3nc(C(N)=O)c4cc(Br)ccc43)c2)C1=O. The molecule has 1 saturated heterocycles. The van der Waals surface area contributed by atoms with E-state index in [2.05, 4.69) is 37.9 Å². The lowest BCUT2D eigenvalue weighted by Gasteiger charge is -2.13. The van der Waals surface area contributed by atoms with Crippen molar-refractivity contribution < 1.29 is 14.7 Å². The number of carbonyl (C=O) groups is 2. The predicted molar refractivity (Wildman–Crippen MR) is 109 cm³/mol. The van der Waals surface area contributed by atoms with Gasteiger partial charge in [-0.25, -0.2) is 9.67 Å². The van der Waals surface area contributed by atoms with Crippen molar-refractivity contribution in [2.45, 2.75) is 12.0 Å². The number of fused-ring (bicyclic) bond motifs is 1. The minimum Gasteiger partial charge on any atom is -0.369 e. The van der Waals surface area contributed by atoms with E-state index >= 15 is 0 Å². The van der Waals surface area contributed by atoms with Crippen molar-refractivity contribution in [3.05, 3.63) is 52.3 Å². The zero-order valence-electron chi connectivity index (χ0n) is 15.4. The molecule has 2 aromatic heterocycles. The summed E-state index contributed by atoms with van der Waals surface area (Å²) in [5.74, 6) is 4.90. The molecular formula is C20H16BrN5O3. The van der Waals surface area contributed by atoms with E-state index in [9.17, 15) is 14.7 Å². The molecule has 2 amide bonds. The van der Waals surface area contributed by atoms with Crippen LogP contribution in [0.15, 0.2) is 41.0 Å². The number of likely N-dealkylation sites (tertiary alicyclic amines) is 1. The number of rotatable bonds is 2. The Bertz CT molecular complexity index is 1230. The summed E-state index contributed by atoms with van der Waals surface area (Å²) in [7, 11) is 1.63. The Morgan fingerprint density at radius 1 is 1.34 bits per heavy atom. The van der Waals surface area contributed by atoms with Gasteiger partial charge in [-0.05, 0) is 30.3 Å². The molecule has 0 aliphatic carbocycles. The number of aliphatic hydroxyl groups is 1. The Morgan fingerprint density at radius 2 is 2.14 bits per heavy atom. The number of primary amides is 1. The lowest BCUT2D eigenvalue weighted by atomic mass is 10.0. The van der Waals surface area contributed by atoms with Crippen molar-refractivity contribution in [1.82, 2.24) is 19.7 Å². The van der Waals surface area contributed by atoms with Gasteiger partial charge in [0.15, 0.2) is 11.5 Å². The Kier molecular flexibility index (Phi) is 4.61. The molecule has 1 aromatic carbocycles. The van der Waals surface area contributed by atoms with Crippen LogP contribution in [0.2, 0.25) is 0 Å². The van der Waals surface area contributed by atoms with Crippen molar-refractivity contribution in [3.8, 4) is 17.7 Å². The monoisotopic (exact) mass is 453 g/mol. The molecule has 9 heteroatoms. The highest BCUT2D eigenvalue weighted by molar-refractivity contribution is 9.10. The highest BCUT2D eigenvalue weighted by Gasteiger charge is 2.42. The van der Waals surface area contributed by atoms with Gasteiger partial charge in [0.25, 0.3) is 11.8 Å². The number of aromatic nitrogens is 3.